The van der Waals surface area contributed by atoms with Crippen LogP contribution in [-0.2, 0) is 11.3 Å². The Morgan fingerprint density at radius 2 is 1.95 bits per heavy atom. The SMILES string of the molecule is COc1ccc(COC(=O)NN=Cc2ccncc2)cc1. The second-order valence-corrected chi connectivity index (χ2v) is 4.07. The Labute approximate surface area is 122 Å². The van der Waals surface area contributed by atoms with Gasteiger partial charge in [0.05, 0.1) is 13.3 Å². The first-order valence-corrected chi connectivity index (χ1v) is 6.27. The number of benzene rings is 1. The van der Waals surface area contributed by atoms with Gasteiger partial charge < -0.3 is 9.47 Å². The van der Waals surface area contributed by atoms with Gasteiger partial charge >= 0.3 is 6.09 Å². The van der Waals surface area contributed by atoms with Crippen molar-refractivity contribution in [1.82, 2.24) is 10.4 Å². The van der Waals surface area contributed by atoms with Crippen LogP contribution < -0.4 is 10.2 Å². The van der Waals surface area contributed by atoms with Gasteiger partial charge in [-0.05, 0) is 35.4 Å². The van der Waals surface area contributed by atoms with E-state index in [-0.39, 0.29) is 6.61 Å². The molecule has 6 heteroatoms. The number of ether oxygens (including phenoxy) is 2. The fourth-order valence-corrected chi connectivity index (χ4v) is 1.51. The zero-order valence-corrected chi connectivity index (χ0v) is 11.5. The summed E-state index contributed by atoms with van der Waals surface area (Å²) in [7, 11) is 1.60. The maximum absolute atomic E-state index is 11.4. The highest BCUT2D eigenvalue weighted by Gasteiger charge is 2.01. The number of pyridine rings is 1. The minimum atomic E-state index is -0.615. The van der Waals surface area contributed by atoms with Crippen molar-refractivity contribution in [3.05, 3.63) is 59.9 Å². The van der Waals surface area contributed by atoms with E-state index in [4.69, 9.17) is 9.47 Å². The first-order valence-electron chi connectivity index (χ1n) is 6.27. The molecule has 2 rings (SSSR count). The van der Waals surface area contributed by atoms with Gasteiger partial charge in [-0.2, -0.15) is 5.10 Å². The molecule has 108 valence electrons. The second-order valence-electron chi connectivity index (χ2n) is 4.07. The third-order valence-corrected chi connectivity index (χ3v) is 2.60. The molecule has 1 amide bonds. The molecule has 0 aliphatic carbocycles. The van der Waals surface area contributed by atoms with E-state index in [1.807, 2.05) is 12.1 Å². The summed E-state index contributed by atoms with van der Waals surface area (Å²) in [6, 6.07) is 10.8. The zero-order chi connectivity index (χ0) is 14.9. The minimum Gasteiger partial charge on any atom is -0.497 e. The molecular weight excluding hydrogens is 270 g/mol. The van der Waals surface area contributed by atoms with E-state index in [1.165, 1.54) is 6.21 Å². The van der Waals surface area contributed by atoms with Crippen LogP contribution in [0.15, 0.2) is 53.9 Å². The largest absolute Gasteiger partial charge is 0.497 e. The molecule has 0 aliphatic rings. The van der Waals surface area contributed by atoms with Crippen LogP contribution >= 0.6 is 0 Å². The Hall–Kier alpha value is -2.89. The average molecular weight is 285 g/mol. The van der Waals surface area contributed by atoms with Crippen LogP contribution in [0.5, 0.6) is 5.75 Å². The van der Waals surface area contributed by atoms with E-state index >= 15 is 0 Å². The van der Waals surface area contributed by atoms with Crippen LogP contribution in [-0.4, -0.2) is 24.4 Å². The van der Waals surface area contributed by atoms with Crippen molar-refractivity contribution in [3.8, 4) is 5.75 Å². The molecule has 1 aromatic heterocycles. The lowest BCUT2D eigenvalue weighted by molar-refractivity contribution is 0.140. The standard InChI is InChI=1S/C15H15N3O3/c1-20-14-4-2-13(3-5-14)11-21-15(19)18-17-10-12-6-8-16-9-7-12/h2-10H,11H2,1H3,(H,18,19). The van der Waals surface area contributed by atoms with Crippen LogP contribution in [0.25, 0.3) is 0 Å². The number of amides is 1. The van der Waals surface area contributed by atoms with E-state index < -0.39 is 6.09 Å². The smallest absolute Gasteiger partial charge is 0.428 e. The van der Waals surface area contributed by atoms with Gasteiger partial charge in [0.15, 0.2) is 0 Å². The zero-order valence-electron chi connectivity index (χ0n) is 11.5. The number of carbonyl (C=O) groups is 1. The van der Waals surface area contributed by atoms with Crippen molar-refractivity contribution in [2.75, 3.05) is 7.11 Å². The molecule has 0 radical (unpaired) electrons. The van der Waals surface area contributed by atoms with Gasteiger partial charge in [0.1, 0.15) is 12.4 Å². The van der Waals surface area contributed by atoms with Crippen LogP contribution in [0.3, 0.4) is 0 Å². The van der Waals surface area contributed by atoms with Gasteiger partial charge in [-0.25, -0.2) is 10.2 Å². The quantitative estimate of drug-likeness (QED) is 0.676. The molecule has 0 bridgehead atoms. The Morgan fingerprint density at radius 1 is 1.24 bits per heavy atom. The summed E-state index contributed by atoms with van der Waals surface area (Å²) < 4.78 is 10.1. The minimum absolute atomic E-state index is 0.167. The van der Waals surface area contributed by atoms with Crippen LogP contribution in [0.2, 0.25) is 0 Å². The maximum Gasteiger partial charge on any atom is 0.428 e. The lowest BCUT2D eigenvalue weighted by Gasteiger charge is -2.05. The fraction of sp³-hybridized carbons (Fsp3) is 0.133. The third-order valence-electron chi connectivity index (χ3n) is 2.60. The highest BCUT2D eigenvalue weighted by Crippen LogP contribution is 2.11. The normalized spacial score (nSPS) is 10.3. The average Bonchev–Trinajstić information content (AvgIpc) is 2.54. The first-order chi connectivity index (χ1) is 10.3. The molecular formula is C15H15N3O3. The van der Waals surface area contributed by atoms with Gasteiger partial charge in [0.25, 0.3) is 0 Å². The predicted octanol–water partition coefficient (Wildman–Crippen LogP) is 2.35. The van der Waals surface area contributed by atoms with E-state index in [9.17, 15) is 4.79 Å². The van der Waals surface area contributed by atoms with Crippen molar-refractivity contribution >= 4 is 12.3 Å². The van der Waals surface area contributed by atoms with E-state index in [0.29, 0.717) is 0 Å². The molecule has 21 heavy (non-hydrogen) atoms. The van der Waals surface area contributed by atoms with E-state index in [1.54, 1.807) is 43.8 Å². The Morgan fingerprint density at radius 3 is 2.62 bits per heavy atom. The predicted molar refractivity (Wildman–Crippen MR) is 78.1 cm³/mol. The van der Waals surface area contributed by atoms with Crippen molar-refractivity contribution in [3.63, 3.8) is 0 Å². The Balaban J connectivity index is 1.75. The van der Waals surface area contributed by atoms with Gasteiger partial charge in [0.2, 0.25) is 0 Å². The molecule has 1 aromatic carbocycles. The summed E-state index contributed by atoms with van der Waals surface area (Å²) in [5.74, 6) is 0.755. The van der Waals surface area contributed by atoms with E-state index in [0.717, 1.165) is 16.9 Å². The van der Waals surface area contributed by atoms with Crippen LogP contribution in [0.1, 0.15) is 11.1 Å². The number of rotatable bonds is 5. The number of hydrazone groups is 1. The van der Waals surface area contributed by atoms with Crippen molar-refractivity contribution in [1.29, 1.82) is 0 Å². The molecule has 0 saturated carbocycles. The van der Waals surface area contributed by atoms with Crippen molar-refractivity contribution in [2.45, 2.75) is 6.61 Å². The van der Waals surface area contributed by atoms with Gasteiger partial charge in [-0.1, -0.05) is 12.1 Å². The highest BCUT2D eigenvalue weighted by molar-refractivity contribution is 5.80. The highest BCUT2D eigenvalue weighted by atomic mass is 16.6. The van der Waals surface area contributed by atoms with Gasteiger partial charge in [-0.15, -0.1) is 0 Å². The molecule has 0 fully saturated rings. The topological polar surface area (TPSA) is 72.8 Å². The summed E-state index contributed by atoms with van der Waals surface area (Å²) in [5.41, 5.74) is 3.99. The Bertz CT molecular complexity index is 597. The summed E-state index contributed by atoms with van der Waals surface area (Å²) >= 11 is 0. The third kappa shape index (κ3) is 4.94. The lowest BCUT2D eigenvalue weighted by atomic mass is 10.2. The molecule has 1 heterocycles. The molecule has 6 nitrogen and oxygen atoms in total. The van der Waals surface area contributed by atoms with Crippen molar-refractivity contribution < 1.29 is 14.3 Å². The summed E-state index contributed by atoms with van der Waals surface area (Å²) in [6.45, 7) is 0.167. The number of nitrogens with zero attached hydrogens (tertiary/aromatic N) is 2. The van der Waals surface area contributed by atoms with Gasteiger partial charge in [0, 0.05) is 12.4 Å². The summed E-state index contributed by atoms with van der Waals surface area (Å²) in [4.78, 5) is 15.3. The monoisotopic (exact) mass is 285 g/mol. The first kappa shape index (κ1) is 14.5. The number of carbonyl (C=O) groups excluding carboxylic acids is 1. The van der Waals surface area contributed by atoms with Crippen LogP contribution in [0, 0.1) is 0 Å². The summed E-state index contributed by atoms with van der Waals surface area (Å²) in [6.07, 6.45) is 4.18. The molecule has 2 aromatic rings. The molecule has 0 atom stereocenters. The number of methoxy groups -OCH3 is 1. The maximum atomic E-state index is 11.4. The number of nitrogens with one attached hydrogen (secondary N) is 1. The fourth-order valence-electron chi connectivity index (χ4n) is 1.51. The molecule has 0 saturated heterocycles. The number of aromatic nitrogens is 1. The van der Waals surface area contributed by atoms with E-state index in [2.05, 4.69) is 15.5 Å². The number of hydrogen-bond acceptors (Lipinski definition) is 5. The summed E-state index contributed by atoms with van der Waals surface area (Å²) in [5, 5.41) is 3.78. The van der Waals surface area contributed by atoms with Crippen molar-refractivity contribution in [2.24, 2.45) is 5.10 Å². The lowest BCUT2D eigenvalue weighted by Crippen LogP contribution is -2.18. The molecule has 0 aliphatic heterocycles. The molecule has 0 spiro atoms. The van der Waals surface area contributed by atoms with Crippen LogP contribution in [0.4, 0.5) is 4.79 Å². The molecule has 0 unspecified atom stereocenters. The van der Waals surface area contributed by atoms with Gasteiger partial charge in [-0.3, -0.25) is 4.98 Å². The second kappa shape index (κ2) is 7.64. The molecule has 1 N–H and O–H groups in total. The Kier molecular flexibility index (Phi) is 5.28. The number of hydrogen-bond donors (Lipinski definition) is 1.